The van der Waals surface area contributed by atoms with E-state index in [4.69, 9.17) is 18.7 Å². The summed E-state index contributed by atoms with van der Waals surface area (Å²) in [5.74, 6) is 0. The summed E-state index contributed by atoms with van der Waals surface area (Å²) in [6.07, 6.45) is 0. The van der Waals surface area contributed by atoms with Crippen LogP contribution in [0.25, 0.3) is 21.2 Å². The number of nitrogens with one attached hydrogen (secondary N) is 1. The van der Waals surface area contributed by atoms with E-state index in [-0.39, 0.29) is 31.8 Å². The summed E-state index contributed by atoms with van der Waals surface area (Å²) in [6.45, 7) is 0. The van der Waals surface area contributed by atoms with E-state index in [1.807, 2.05) is 84.9 Å². The van der Waals surface area contributed by atoms with Crippen LogP contribution in [0.4, 0.5) is 13.2 Å². The number of sulfonamides is 1. The van der Waals surface area contributed by atoms with Crippen molar-refractivity contribution in [3.63, 3.8) is 0 Å². The Balaban J connectivity index is 0.000000668. The molecule has 0 unspecified atom stereocenters. The average molecular weight is 667 g/mol. The maximum atomic E-state index is 13.3. The van der Waals surface area contributed by atoms with E-state index in [1.54, 1.807) is 18.2 Å². The minimum Gasteiger partial charge on any atom is -0.672 e. The fraction of sp³-hybridized carbons (Fsp3) is 0.115. The van der Waals surface area contributed by atoms with Crippen molar-refractivity contribution in [1.82, 2.24) is 0 Å². The molecule has 0 bridgehead atoms. The van der Waals surface area contributed by atoms with Crippen LogP contribution in [0.1, 0.15) is 23.2 Å². The molecule has 0 amide bonds. The molecule has 0 aliphatic rings. The Morgan fingerprint density at radius 2 is 1.15 bits per heavy atom. The van der Waals surface area contributed by atoms with Crippen LogP contribution in [-0.4, -0.2) is 26.9 Å². The molecule has 4 rings (SSSR count). The maximum absolute atomic E-state index is 13.3. The maximum Gasteiger partial charge on any atom is 3.00 e. The van der Waals surface area contributed by atoms with Gasteiger partial charge in [0.25, 0.3) is 0 Å². The number of nitrogens with zero attached hydrogens (tertiary/aromatic N) is 1. The zero-order valence-electron chi connectivity index (χ0n) is 20.3. The summed E-state index contributed by atoms with van der Waals surface area (Å²) in [5.41, 5.74) is 4.64. The third-order valence-electron chi connectivity index (χ3n) is 5.19. The smallest absolute Gasteiger partial charge is 0.672 e. The molecule has 0 saturated heterocycles. The summed E-state index contributed by atoms with van der Waals surface area (Å²) in [7, 11) is -9.82. The molecule has 1 radical (unpaired) electrons. The molecule has 4 aromatic rings. The van der Waals surface area contributed by atoms with Crippen LogP contribution in [0, 0.1) is 7.43 Å². The first-order chi connectivity index (χ1) is 17.3. The van der Waals surface area contributed by atoms with E-state index in [2.05, 4.69) is 4.72 Å². The molecule has 0 heterocycles. The molecule has 2 atom stereocenters. The standard InChI is InChI=1S/C24H20N2O2S.CHF3O3S.CH3.Ru/c25-23(19-11-3-1-4-12-19)24(20-13-5-2-6-14-20)26-29(27,28)22-17-9-15-18-10-7-8-16-21(18)22;2-1(3,4)8(5,6)7;;/h1-17,23-25H;(H,5,6,7);1H3;/q-2;;-1;+3/t23-,24-;;;/m1.../s1. The molecule has 39 heavy (non-hydrogen) atoms. The van der Waals surface area contributed by atoms with E-state index in [0.29, 0.717) is 10.9 Å². The number of rotatable bonds is 6. The van der Waals surface area contributed by atoms with Crippen LogP contribution < -0.4 is 0 Å². The van der Waals surface area contributed by atoms with Crippen molar-refractivity contribution in [2.45, 2.75) is 22.5 Å². The van der Waals surface area contributed by atoms with Gasteiger partial charge >= 0.3 is 35.1 Å². The quantitative estimate of drug-likeness (QED) is 0.100. The van der Waals surface area contributed by atoms with E-state index in [1.165, 1.54) is 0 Å². The van der Waals surface area contributed by atoms with Gasteiger partial charge in [-0.2, -0.15) is 21.6 Å². The van der Waals surface area contributed by atoms with Crippen molar-refractivity contribution in [2.24, 2.45) is 0 Å². The summed E-state index contributed by atoms with van der Waals surface area (Å²) >= 11 is 0. The average Bonchev–Trinajstić information content (AvgIpc) is 2.87. The Morgan fingerprint density at radius 1 is 0.718 bits per heavy atom. The van der Waals surface area contributed by atoms with Gasteiger partial charge in [-0.05, 0) is 16.8 Å². The monoisotopic (exact) mass is 667 g/mol. The minimum atomic E-state index is -5.84. The zero-order valence-corrected chi connectivity index (χ0v) is 23.7. The second kappa shape index (κ2) is 14.1. The van der Waals surface area contributed by atoms with Crippen LogP contribution in [0.5, 0.6) is 0 Å². The predicted octanol–water partition coefficient (Wildman–Crippen LogP) is 7.28. The van der Waals surface area contributed by atoms with Gasteiger partial charge in [0.2, 0.25) is 0 Å². The predicted molar refractivity (Wildman–Crippen MR) is 141 cm³/mol. The fourth-order valence-corrected chi connectivity index (χ4v) is 4.80. The normalized spacial score (nSPS) is 13.2. The van der Waals surface area contributed by atoms with Crippen LogP contribution in [0.2, 0.25) is 0 Å². The van der Waals surface area contributed by atoms with Gasteiger partial charge in [0.1, 0.15) is 10.0 Å². The Hall–Kier alpha value is -2.67. The van der Waals surface area contributed by atoms with Gasteiger partial charge in [0.05, 0.1) is 4.90 Å². The Labute approximate surface area is 238 Å². The third kappa shape index (κ3) is 8.92. The second-order valence-electron chi connectivity index (χ2n) is 7.72. The molecule has 7 nitrogen and oxygen atoms in total. The summed E-state index contributed by atoms with van der Waals surface area (Å²) in [6, 6.07) is 29.2. The minimum absolute atomic E-state index is 0. The molecule has 0 fully saturated rings. The Morgan fingerprint density at radius 3 is 1.67 bits per heavy atom. The first kappa shape index (κ1) is 34.4. The Kier molecular flexibility index (Phi) is 12.4. The third-order valence-corrected chi connectivity index (χ3v) is 7.19. The summed E-state index contributed by atoms with van der Waals surface area (Å²) < 4.78 is 88.4. The van der Waals surface area contributed by atoms with Crippen LogP contribution in [0.15, 0.2) is 108 Å². The molecule has 2 N–H and O–H groups in total. The van der Waals surface area contributed by atoms with E-state index in [9.17, 15) is 21.6 Å². The second-order valence-corrected chi connectivity index (χ2v) is 10.7. The number of hydrogen-bond acceptors (Lipinski definition) is 4. The van der Waals surface area contributed by atoms with E-state index < -0.39 is 37.7 Å². The van der Waals surface area contributed by atoms with Gasteiger partial charge in [0, 0.05) is 0 Å². The van der Waals surface area contributed by atoms with Crippen molar-refractivity contribution in [3.8, 4) is 0 Å². The molecule has 0 aliphatic carbocycles. The number of benzene rings is 4. The molecule has 13 heteroatoms. The van der Waals surface area contributed by atoms with E-state index in [0.717, 1.165) is 10.9 Å². The fourth-order valence-electron chi connectivity index (χ4n) is 3.43. The van der Waals surface area contributed by atoms with Crippen molar-refractivity contribution in [1.29, 1.82) is 0 Å². The van der Waals surface area contributed by atoms with Gasteiger partial charge in [-0.1, -0.05) is 108 Å². The van der Waals surface area contributed by atoms with Crippen molar-refractivity contribution < 1.29 is 54.0 Å². The SMILES string of the molecule is O=S(=O)(O)C(F)(F)F.[CH3-].[NH-][C@H](c1ccccc1)[C@H]([N-]S(=O)(=O)c1cccc2ccccc12)c1ccccc1.[Ru+3]. The van der Waals surface area contributed by atoms with Crippen molar-refractivity contribution in [3.05, 3.63) is 132 Å². The number of fused-ring (bicyclic) bond motifs is 1. The zero-order chi connectivity index (χ0) is 27.3. The Bertz CT molecular complexity index is 1550. The molecule has 209 valence electrons. The molecule has 0 aromatic heterocycles. The molecule has 0 aliphatic heterocycles. The van der Waals surface area contributed by atoms with Crippen LogP contribution in [0.3, 0.4) is 0 Å². The number of hydrogen-bond donors (Lipinski definition) is 1. The first-order valence-corrected chi connectivity index (χ1v) is 13.5. The van der Waals surface area contributed by atoms with E-state index >= 15 is 0 Å². The number of alkyl halides is 3. The van der Waals surface area contributed by atoms with Gasteiger partial charge in [-0.3, -0.25) is 4.55 Å². The molecule has 0 saturated carbocycles. The van der Waals surface area contributed by atoms with Crippen molar-refractivity contribution in [2.75, 3.05) is 0 Å². The largest absolute Gasteiger partial charge is 3.00 e. The summed E-state index contributed by atoms with van der Waals surface area (Å²) in [5, 5.41) is 1.47. The van der Waals surface area contributed by atoms with Crippen LogP contribution in [-0.2, 0) is 39.6 Å². The van der Waals surface area contributed by atoms with Crippen LogP contribution >= 0.6 is 0 Å². The number of halogens is 3. The van der Waals surface area contributed by atoms with Gasteiger partial charge in [-0.25, -0.2) is 8.42 Å². The van der Waals surface area contributed by atoms with Gasteiger partial charge in [0.15, 0.2) is 0 Å². The van der Waals surface area contributed by atoms with Gasteiger partial charge in [-0.15, -0.1) is 12.1 Å². The summed E-state index contributed by atoms with van der Waals surface area (Å²) in [4.78, 5) is 0.164. The van der Waals surface area contributed by atoms with Crippen molar-refractivity contribution >= 4 is 30.9 Å². The topological polar surface area (TPSA) is 126 Å². The molecular formula is C26H24F3N2O5RuS2. The first-order valence-electron chi connectivity index (χ1n) is 10.6. The molecular weight excluding hydrogens is 642 g/mol. The molecule has 4 aromatic carbocycles. The molecule has 0 spiro atoms. The van der Waals surface area contributed by atoms with Gasteiger partial charge < -0.3 is 17.9 Å².